The maximum Gasteiger partial charge on any atom is 0.340 e. The van der Waals surface area contributed by atoms with E-state index in [4.69, 9.17) is 4.74 Å². The third-order valence-corrected chi connectivity index (χ3v) is 6.83. The van der Waals surface area contributed by atoms with Crippen molar-refractivity contribution < 1.29 is 37.8 Å². The van der Waals surface area contributed by atoms with Crippen molar-refractivity contribution in [3.05, 3.63) is 16.3 Å². The highest BCUT2D eigenvalue weighted by Crippen LogP contribution is 2.40. The van der Waals surface area contributed by atoms with E-state index < -0.39 is 41.7 Å². The van der Waals surface area contributed by atoms with Gasteiger partial charge in [-0.25, -0.2) is 4.79 Å². The van der Waals surface area contributed by atoms with Crippen molar-refractivity contribution in [3.8, 4) is 0 Å². The molecule has 1 aromatic carbocycles. The summed E-state index contributed by atoms with van der Waals surface area (Å²) in [5.74, 6) is -10.3. The first-order valence-electron chi connectivity index (χ1n) is 8.18. The first-order chi connectivity index (χ1) is 13.6. The Morgan fingerprint density at radius 2 is 1.33 bits per heavy atom. The molecule has 0 spiro atoms. The molecule has 0 aliphatic rings. The molecule has 2 N–H and O–H groups in total. The van der Waals surface area contributed by atoms with Gasteiger partial charge in [-0.1, -0.05) is 13.8 Å². The maximum atomic E-state index is 14.0. The van der Waals surface area contributed by atoms with Gasteiger partial charge in [-0.05, 0) is 73.7 Å². The number of carboxylic acids is 1. The fourth-order valence-electron chi connectivity index (χ4n) is 2.33. The van der Waals surface area contributed by atoms with E-state index in [1.807, 2.05) is 22.6 Å². The zero-order valence-electron chi connectivity index (χ0n) is 16.0. The molecule has 0 aromatic heterocycles. The summed E-state index contributed by atoms with van der Waals surface area (Å²) >= 11 is 5.33. The lowest BCUT2D eigenvalue weighted by molar-refractivity contribution is -0.337. The molecule has 0 aliphatic carbocycles. The number of esters is 1. The van der Waals surface area contributed by atoms with E-state index in [2.05, 4.69) is 10.6 Å². The third-order valence-electron chi connectivity index (χ3n) is 3.59. The van der Waals surface area contributed by atoms with E-state index in [1.54, 1.807) is 45.2 Å². The summed E-state index contributed by atoms with van der Waals surface area (Å²) < 4.78 is 33.8. The number of ether oxygens (including phenoxy) is 1. The number of alkyl halides is 2. The highest BCUT2D eigenvalue weighted by molar-refractivity contribution is 14.1. The number of anilines is 2. The molecule has 166 valence electrons. The summed E-state index contributed by atoms with van der Waals surface area (Å²) in [5.41, 5.74) is 0.143. The standard InChI is InChI=1S/C17H17F2I3N2O6/c1-5(2)14(17(18,19)16(28)29)30-15(27)8-9(20)12(23-6(3)25)11(22)13(10(8)21)24-7(4)26/h5,14H,1-4H3,(H,23,25)(H,24,26)(H,28,29)/p-1. The minimum Gasteiger partial charge on any atom is -0.544 e. The first kappa shape index (κ1) is 27.2. The van der Waals surface area contributed by atoms with Crippen LogP contribution in [0.15, 0.2) is 0 Å². The fourth-order valence-corrected chi connectivity index (χ4v) is 6.48. The molecule has 1 rings (SSSR count). The second-order valence-corrected chi connectivity index (χ2v) is 9.65. The summed E-state index contributed by atoms with van der Waals surface area (Å²) in [7, 11) is 0. The summed E-state index contributed by atoms with van der Waals surface area (Å²) in [4.78, 5) is 46.9. The number of carboxylic acid groups (broad SMARTS) is 1. The fraction of sp³-hybridized carbons (Fsp3) is 0.412. The Kier molecular flexibility index (Phi) is 9.65. The van der Waals surface area contributed by atoms with Gasteiger partial charge in [0.05, 0.1) is 27.6 Å². The molecule has 0 radical (unpaired) electrons. The van der Waals surface area contributed by atoms with Crippen LogP contribution in [0.5, 0.6) is 0 Å². The first-order valence-corrected chi connectivity index (χ1v) is 11.4. The summed E-state index contributed by atoms with van der Waals surface area (Å²) in [5, 5.41) is 15.9. The zero-order chi connectivity index (χ0) is 23.5. The average Bonchev–Trinajstić information content (AvgIpc) is 2.59. The second-order valence-electron chi connectivity index (χ2n) is 6.41. The van der Waals surface area contributed by atoms with Crippen LogP contribution in [0.4, 0.5) is 20.2 Å². The summed E-state index contributed by atoms with van der Waals surface area (Å²) in [6.45, 7) is 5.00. The predicted molar refractivity (Wildman–Crippen MR) is 127 cm³/mol. The van der Waals surface area contributed by atoms with Gasteiger partial charge in [0, 0.05) is 13.8 Å². The van der Waals surface area contributed by atoms with Crippen LogP contribution in [-0.2, 0) is 19.1 Å². The topological polar surface area (TPSA) is 125 Å². The molecular weight excluding hydrogens is 747 g/mol. The van der Waals surface area contributed by atoms with Gasteiger partial charge in [-0.2, -0.15) is 8.78 Å². The summed E-state index contributed by atoms with van der Waals surface area (Å²) in [6.07, 6.45) is -2.30. The lowest BCUT2D eigenvalue weighted by atomic mass is 10.0. The van der Waals surface area contributed by atoms with E-state index >= 15 is 0 Å². The van der Waals surface area contributed by atoms with Crippen LogP contribution in [0.25, 0.3) is 0 Å². The Labute approximate surface area is 211 Å². The number of aliphatic carboxylic acids is 1. The minimum absolute atomic E-state index is 0.174. The Bertz CT molecular complexity index is 865. The van der Waals surface area contributed by atoms with E-state index in [0.29, 0.717) is 3.57 Å². The van der Waals surface area contributed by atoms with Crippen molar-refractivity contribution >= 4 is 103 Å². The Morgan fingerprint density at radius 1 is 0.933 bits per heavy atom. The van der Waals surface area contributed by atoms with Gasteiger partial charge < -0.3 is 25.3 Å². The number of hydrogen-bond donors (Lipinski definition) is 2. The Hall–Kier alpha value is -0.850. The van der Waals surface area contributed by atoms with Gasteiger partial charge in [-0.3, -0.25) is 9.59 Å². The van der Waals surface area contributed by atoms with E-state index in [9.17, 15) is 33.1 Å². The zero-order valence-corrected chi connectivity index (χ0v) is 22.5. The highest BCUT2D eigenvalue weighted by atomic mass is 127. The molecule has 0 heterocycles. The van der Waals surface area contributed by atoms with Crippen molar-refractivity contribution in [3.63, 3.8) is 0 Å². The number of hydrogen-bond acceptors (Lipinski definition) is 6. The number of rotatable bonds is 7. The number of benzene rings is 1. The molecule has 2 amide bonds. The SMILES string of the molecule is CC(=O)Nc1c(I)c(NC(C)=O)c(I)c(C(=O)OC(C(C)C)C(F)(F)C(=O)[O-])c1I. The van der Waals surface area contributed by atoms with Crippen LogP contribution in [0.2, 0.25) is 0 Å². The van der Waals surface area contributed by atoms with Crippen molar-refractivity contribution in [2.75, 3.05) is 10.6 Å². The average molecular weight is 763 g/mol. The molecule has 1 unspecified atom stereocenters. The van der Waals surface area contributed by atoms with Gasteiger partial charge in [0.1, 0.15) is 5.97 Å². The number of nitrogens with one attached hydrogen (secondary N) is 2. The van der Waals surface area contributed by atoms with E-state index in [0.717, 1.165) is 0 Å². The maximum absolute atomic E-state index is 14.0. The van der Waals surface area contributed by atoms with Crippen molar-refractivity contribution in [1.82, 2.24) is 0 Å². The molecule has 30 heavy (non-hydrogen) atoms. The quantitative estimate of drug-likeness (QED) is 0.326. The van der Waals surface area contributed by atoms with Crippen molar-refractivity contribution in [1.29, 1.82) is 0 Å². The normalized spacial score (nSPS) is 12.3. The number of carbonyl (C=O) groups is 4. The molecule has 0 fully saturated rings. The van der Waals surface area contributed by atoms with Crippen molar-refractivity contribution in [2.45, 2.75) is 39.7 Å². The molecule has 8 nitrogen and oxygen atoms in total. The second kappa shape index (κ2) is 10.6. The molecule has 1 aromatic rings. The number of carbonyl (C=O) groups excluding carboxylic acids is 4. The molecular formula is C17H16F2I3N2O6-. The molecule has 0 bridgehead atoms. The van der Waals surface area contributed by atoms with Gasteiger partial charge >= 0.3 is 11.9 Å². The van der Waals surface area contributed by atoms with E-state index in [-0.39, 0.29) is 24.1 Å². The third kappa shape index (κ3) is 6.10. The minimum atomic E-state index is -4.43. The molecule has 0 aliphatic heterocycles. The van der Waals surface area contributed by atoms with Gasteiger partial charge in [0.25, 0.3) is 0 Å². The lowest BCUT2D eigenvalue weighted by Crippen LogP contribution is -2.53. The monoisotopic (exact) mass is 763 g/mol. The van der Waals surface area contributed by atoms with Crippen molar-refractivity contribution in [2.24, 2.45) is 5.92 Å². The molecule has 13 heteroatoms. The Balaban J connectivity index is 3.65. The smallest absolute Gasteiger partial charge is 0.340 e. The lowest BCUT2D eigenvalue weighted by Gasteiger charge is -2.30. The van der Waals surface area contributed by atoms with Crippen LogP contribution in [0.1, 0.15) is 38.1 Å². The van der Waals surface area contributed by atoms with Gasteiger partial charge in [0.2, 0.25) is 11.8 Å². The largest absolute Gasteiger partial charge is 0.544 e. The molecule has 0 saturated carbocycles. The number of halogens is 5. The van der Waals surface area contributed by atoms with Gasteiger partial charge in [-0.15, -0.1) is 0 Å². The summed E-state index contributed by atoms with van der Waals surface area (Å²) in [6, 6.07) is 0. The van der Waals surface area contributed by atoms with Crippen LogP contribution in [0.3, 0.4) is 0 Å². The molecule has 0 saturated heterocycles. The Morgan fingerprint density at radius 3 is 1.63 bits per heavy atom. The van der Waals surface area contributed by atoms with Crippen LogP contribution < -0.4 is 15.7 Å². The highest BCUT2D eigenvalue weighted by Gasteiger charge is 2.46. The van der Waals surface area contributed by atoms with Gasteiger partial charge in [0.15, 0.2) is 6.10 Å². The predicted octanol–water partition coefficient (Wildman–Crippen LogP) is 2.98. The molecule has 1 atom stereocenters. The number of amides is 2. The van der Waals surface area contributed by atoms with Crippen LogP contribution in [0, 0.1) is 16.6 Å². The van der Waals surface area contributed by atoms with E-state index in [1.165, 1.54) is 27.7 Å². The van der Waals surface area contributed by atoms with Crippen LogP contribution >= 0.6 is 67.8 Å². The van der Waals surface area contributed by atoms with Crippen LogP contribution in [-0.4, -0.2) is 35.8 Å².